The first-order valence-corrected chi connectivity index (χ1v) is 6.63. The van der Waals surface area contributed by atoms with Gasteiger partial charge in [-0.2, -0.15) is 0 Å². The summed E-state index contributed by atoms with van der Waals surface area (Å²) in [7, 11) is 0. The SMILES string of the molecule is CC(C)NCCCn1ccc2ccc(C(=O)O)cc21. The number of carboxylic acids is 1. The molecule has 0 fully saturated rings. The molecule has 0 amide bonds. The van der Waals surface area contributed by atoms with E-state index in [2.05, 4.69) is 23.7 Å². The second-order valence-electron chi connectivity index (χ2n) is 5.05. The van der Waals surface area contributed by atoms with Gasteiger partial charge in [0, 0.05) is 24.3 Å². The van der Waals surface area contributed by atoms with Crippen LogP contribution in [0.5, 0.6) is 0 Å². The van der Waals surface area contributed by atoms with Crippen molar-refractivity contribution in [2.45, 2.75) is 32.9 Å². The summed E-state index contributed by atoms with van der Waals surface area (Å²) in [5, 5.41) is 13.5. The lowest BCUT2D eigenvalue weighted by Crippen LogP contribution is -2.24. The molecule has 0 atom stereocenters. The van der Waals surface area contributed by atoms with Crippen molar-refractivity contribution in [3.63, 3.8) is 0 Å². The number of carbonyl (C=O) groups is 1. The summed E-state index contributed by atoms with van der Waals surface area (Å²) in [5.41, 5.74) is 1.33. The van der Waals surface area contributed by atoms with Crippen LogP contribution in [0, 0.1) is 0 Å². The number of nitrogens with zero attached hydrogens (tertiary/aromatic N) is 1. The van der Waals surface area contributed by atoms with E-state index < -0.39 is 5.97 Å². The zero-order valence-corrected chi connectivity index (χ0v) is 11.4. The van der Waals surface area contributed by atoms with E-state index in [1.807, 2.05) is 18.3 Å². The van der Waals surface area contributed by atoms with E-state index in [1.54, 1.807) is 12.1 Å². The van der Waals surface area contributed by atoms with Crippen LogP contribution in [0.25, 0.3) is 10.9 Å². The van der Waals surface area contributed by atoms with Crippen molar-refractivity contribution in [2.75, 3.05) is 6.54 Å². The quantitative estimate of drug-likeness (QED) is 0.785. The van der Waals surface area contributed by atoms with Crippen LogP contribution in [-0.4, -0.2) is 28.2 Å². The highest BCUT2D eigenvalue weighted by atomic mass is 16.4. The van der Waals surface area contributed by atoms with Crippen LogP contribution < -0.4 is 5.32 Å². The highest BCUT2D eigenvalue weighted by Gasteiger charge is 2.06. The molecule has 0 aliphatic rings. The summed E-state index contributed by atoms with van der Waals surface area (Å²) in [6, 6.07) is 7.78. The molecule has 19 heavy (non-hydrogen) atoms. The Balaban J connectivity index is 2.10. The van der Waals surface area contributed by atoms with E-state index in [9.17, 15) is 4.79 Å². The van der Waals surface area contributed by atoms with Gasteiger partial charge in [0.15, 0.2) is 0 Å². The number of carboxylic acid groups (broad SMARTS) is 1. The van der Waals surface area contributed by atoms with Gasteiger partial charge in [0.1, 0.15) is 0 Å². The molecule has 0 spiro atoms. The largest absolute Gasteiger partial charge is 0.478 e. The summed E-state index contributed by atoms with van der Waals surface area (Å²) in [6.45, 7) is 6.12. The average molecular weight is 260 g/mol. The standard InChI is InChI=1S/C15H20N2O2/c1-11(2)16-7-3-8-17-9-6-12-4-5-13(15(18)19)10-14(12)17/h4-6,9-11,16H,3,7-8H2,1-2H3,(H,18,19). The van der Waals surface area contributed by atoms with Gasteiger partial charge >= 0.3 is 5.97 Å². The van der Waals surface area contributed by atoms with Gasteiger partial charge in [-0.3, -0.25) is 0 Å². The minimum absolute atomic E-state index is 0.341. The molecular formula is C15H20N2O2. The number of aryl methyl sites for hydroxylation is 1. The van der Waals surface area contributed by atoms with E-state index in [4.69, 9.17) is 5.11 Å². The topological polar surface area (TPSA) is 54.3 Å². The van der Waals surface area contributed by atoms with Crippen molar-refractivity contribution in [3.05, 3.63) is 36.0 Å². The molecule has 2 aromatic rings. The summed E-state index contributed by atoms with van der Waals surface area (Å²) in [4.78, 5) is 11.0. The first kappa shape index (κ1) is 13.6. The lowest BCUT2D eigenvalue weighted by molar-refractivity contribution is 0.0697. The Morgan fingerprint density at radius 3 is 2.84 bits per heavy atom. The van der Waals surface area contributed by atoms with E-state index in [-0.39, 0.29) is 0 Å². The molecule has 4 nitrogen and oxygen atoms in total. The van der Waals surface area contributed by atoms with Crippen molar-refractivity contribution in [3.8, 4) is 0 Å². The van der Waals surface area contributed by atoms with Crippen molar-refractivity contribution >= 4 is 16.9 Å². The molecule has 102 valence electrons. The van der Waals surface area contributed by atoms with E-state index in [0.29, 0.717) is 11.6 Å². The molecule has 0 saturated carbocycles. The summed E-state index contributed by atoms with van der Waals surface area (Å²) >= 11 is 0. The van der Waals surface area contributed by atoms with Gasteiger partial charge < -0.3 is 15.0 Å². The fourth-order valence-electron chi connectivity index (χ4n) is 2.15. The second-order valence-corrected chi connectivity index (χ2v) is 5.05. The van der Waals surface area contributed by atoms with Crippen molar-refractivity contribution in [2.24, 2.45) is 0 Å². The predicted octanol–water partition coefficient (Wildman–Crippen LogP) is 2.73. The molecule has 0 aliphatic carbocycles. The molecular weight excluding hydrogens is 240 g/mol. The monoisotopic (exact) mass is 260 g/mol. The smallest absolute Gasteiger partial charge is 0.335 e. The van der Waals surface area contributed by atoms with Gasteiger partial charge in [-0.1, -0.05) is 19.9 Å². The number of hydrogen-bond donors (Lipinski definition) is 2. The molecule has 0 aliphatic heterocycles. The third-order valence-electron chi connectivity index (χ3n) is 3.15. The lowest BCUT2D eigenvalue weighted by Gasteiger charge is -2.09. The molecule has 1 aromatic carbocycles. The van der Waals surface area contributed by atoms with E-state index in [0.717, 1.165) is 30.4 Å². The van der Waals surface area contributed by atoms with Gasteiger partial charge in [-0.05, 0) is 36.6 Å². The third-order valence-corrected chi connectivity index (χ3v) is 3.15. The van der Waals surface area contributed by atoms with Crippen molar-refractivity contribution < 1.29 is 9.90 Å². The lowest BCUT2D eigenvalue weighted by atomic mass is 10.1. The Morgan fingerprint density at radius 2 is 2.16 bits per heavy atom. The van der Waals surface area contributed by atoms with E-state index >= 15 is 0 Å². The number of aromatic carboxylic acids is 1. The van der Waals surface area contributed by atoms with Gasteiger partial charge in [0.2, 0.25) is 0 Å². The Morgan fingerprint density at radius 1 is 1.37 bits per heavy atom. The van der Waals surface area contributed by atoms with E-state index in [1.165, 1.54) is 0 Å². The van der Waals surface area contributed by atoms with Gasteiger partial charge in [-0.15, -0.1) is 0 Å². The highest BCUT2D eigenvalue weighted by molar-refractivity contribution is 5.93. The Bertz CT molecular complexity index is 573. The van der Waals surface area contributed by atoms with Crippen LogP contribution in [0.1, 0.15) is 30.6 Å². The van der Waals surface area contributed by atoms with Gasteiger partial charge in [0.05, 0.1) is 5.56 Å². The molecule has 0 bridgehead atoms. The van der Waals surface area contributed by atoms with Crippen LogP contribution in [0.15, 0.2) is 30.5 Å². The molecule has 0 saturated heterocycles. The molecule has 1 heterocycles. The first-order chi connectivity index (χ1) is 9.08. The molecule has 2 N–H and O–H groups in total. The molecule has 2 rings (SSSR count). The number of hydrogen-bond acceptors (Lipinski definition) is 2. The average Bonchev–Trinajstić information content (AvgIpc) is 2.76. The fraction of sp³-hybridized carbons (Fsp3) is 0.400. The van der Waals surface area contributed by atoms with Crippen molar-refractivity contribution in [1.82, 2.24) is 9.88 Å². The van der Waals surface area contributed by atoms with Crippen LogP contribution >= 0.6 is 0 Å². The van der Waals surface area contributed by atoms with Gasteiger partial charge in [-0.25, -0.2) is 4.79 Å². The summed E-state index contributed by atoms with van der Waals surface area (Å²) in [6.07, 6.45) is 3.05. The van der Waals surface area contributed by atoms with Gasteiger partial charge in [0.25, 0.3) is 0 Å². The normalized spacial score (nSPS) is 11.3. The van der Waals surface area contributed by atoms with Crippen molar-refractivity contribution in [1.29, 1.82) is 0 Å². The number of aromatic nitrogens is 1. The molecule has 0 radical (unpaired) electrons. The Kier molecular flexibility index (Phi) is 4.22. The number of benzene rings is 1. The molecule has 4 heteroatoms. The van der Waals surface area contributed by atoms with Crippen LogP contribution in [-0.2, 0) is 6.54 Å². The van der Waals surface area contributed by atoms with Crippen LogP contribution in [0.4, 0.5) is 0 Å². The zero-order chi connectivity index (χ0) is 13.8. The summed E-state index contributed by atoms with van der Waals surface area (Å²) in [5.74, 6) is -0.879. The minimum atomic E-state index is -0.879. The Hall–Kier alpha value is -1.81. The first-order valence-electron chi connectivity index (χ1n) is 6.63. The van der Waals surface area contributed by atoms with Crippen LogP contribution in [0.2, 0.25) is 0 Å². The third kappa shape index (κ3) is 3.35. The predicted molar refractivity (Wildman–Crippen MR) is 76.7 cm³/mol. The maximum absolute atomic E-state index is 11.0. The number of nitrogens with one attached hydrogen (secondary N) is 1. The maximum Gasteiger partial charge on any atom is 0.335 e. The highest BCUT2D eigenvalue weighted by Crippen LogP contribution is 2.18. The van der Waals surface area contributed by atoms with Crippen LogP contribution in [0.3, 0.4) is 0 Å². The second kappa shape index (κ2) is 5.89. The molecule has 0 unspecified atom stereocenters. The minimum Gasteiger partial charge on any atom is -0.478 e. The zero-order valence-electron chi connectivity index (χ0n) is 11.4. The maximum atomic E-state index is 11.0. The molecule has 1 aromatic heterocycles. The Labute approximate surface area is 113 Å². The number of fused-ring (bicyclic) bond motifs is 1. The fourth-order valence-corrected chi connectivity index (χ4v) is 2.15. The summed E-state index contributed by atoms with van der Waals surface area (Å²) < 4.78 is 2.11. The number of rotatable bonds is 6.